The van der Waals surface area contributed by atoms with Gasteiger partial charge in [-0.25, -0.2) is 4.79 Å². The predicted molar refractivity (Wildman–Crippen MR) is 58.9 cm³/mol. The van der Waals surface area contributed by atoms with Crippen LogP contribution in [0.2, 0.25) is 0 Å². The predicted octanol–water partition coefficient (Wildman–Crippen LogP) is 1.18. The Morgan fingerprint density at radius 3 is 2.43 bits per heavy atom. The van der Waals surface area contributed by atoms with E-state index >= 15 is 0 Å². The number of carboxylic acid groups (broad SMARTS) is 1. The van der Waals surface area contributed by atoms with Crippen LogP contribution < -0.4 is 5.73 Å². The average molecular weight is 211 g/mol. The second-order valence-electron chi connectivity index (χ2n) is 3.15. The molecule has 0 aliphatic carbocycles. The molecule has 1 aromatic rings. The number of benzene rings is 1. The number of nitrogens with two attached hydrogens (primary N) is 1. The molecule has 3 nitrogen and oxygen atoms in total. The Labute approximate surface area is 88.3 Å². The number of hydrogen-bond acceptors (Lipinski definition) is 3. The normalized spacial score (nSPS) is 12.4. The number of hydrogen-bond donors (Lipinski definition) is 3. The Morgan fingerprint density at radius 2 is 2.00 bits per heavy atom. The van der Waals surface area contributed by atoms with E-state index in [-0.39, 0.29) is 6.04 Å². The molecule has 4 heteroatoms. The summed E-state index contributed by atoms with van der Waals surface area (Å²) < 4.78 is 0. The summed E-state index contributed by atoms with van der Waals surface area (Å²) in [6.07, 6.45) is 0.726. The standard InChI is InChI=1S/C10H13NO2S/c11-9(6-14)5-7-1-3-8(4-2-7)10(12)13/h1-4,9,14H,5-6,11H2,(H,12,13). The molecular weight excluding hydrogens is 198 g/mol. The zero-order chi connectivity index (χ0) is 10.6. The van der Waals surface area contributed by atoms with Crippen molar-refractivity contribution in [2.24, 2.45) is 5.73 Å². The highest BCUT2D eigenvalue weighted by Gasteiger charge is 2.04. The van der Waals surface area contributed by atoms with E-state index in [4.69, 9.17) is 10.8 Å². The monoisotopic (exact) mass is 211 g/mol. The fourth-order valence-corrected chi connectivity index (χ4v) is 1.28. The van der Waals surface area contributed by atoms with E-state index in [9.17, 15) is 4.79 Å². The highest BCUT2D eigenvalue weighted by molar-refractivity contribution is 7.80. The van der Waals surface area contributed by atoms with E-state index in [0.29, 0.717) is 11.3 Å². The van der Waals surface area contributed by atoms with Crippen LogP contribution in [0, 0.1) is 0 Å². The zero-order valence-corrected chi connectivity index (χ0v) is 8.58. The van der Waals surface area contributed by atoms with Crippen LogP contribution in [0.3, 0.4) is 0 Å². The third-order valence-corrected chi connectivity index (χ3v) is 2.40. The molecular formula is C10H13NO2S. The van der Waals surface area contributed by atoms with Gasteiger partial charge in [0.1, 0.15) is 0 Å². The lowest BCUT2D eigenvalue weighted by molar-refractivity contribution is 0.0697. The molecule has 1 aromatic carbocycles. The van der Waals surface area contributed by atoms with Gasteiger partial charge in [-0.05, 0) is 24.1 Å². The smallest absolute Gasteiger partial charge is 0.335 e. The average Bonchev–Trinajstić information content (AvgIpc) is 2.18. The molecule has 1 rings (SSSR count). The van der Waals surface area contributed by atoms with Crippen LogP contribution in [0.25, 0.3) is 0 Å². The van der Waals surface area contributed by atoms with Crippen LogP contribution in [0.4, 0.5) is 0 Å². The first kappa shape index (κ1) is 11.1. The number of aromatic carboxylic acids is 1. The summed E-state index contributed by atoms with van der Waals surface area (Å²) in [5.74, 6) is -0.282. The van der Waals surface area contributed by atoms with Gasteiger partial charge >= 0.3 is 5.97 Å². The fourth-order valence-electron chi connectivity index (χ4n) is 1.15. The van der Waals surface area contributed by atoms with E-state index in [0.717, 1.165) is 12.0 Å². The lowest BCUT2D eigenvalue weighted by Gasteiger charge is -2.07. The van der Waals surface area contributed by atoms with Crippen LogP contribution in [0.5, 0.6) is 0 Å². The molecule has 0 heterocycles. The Morgan fingerprint density at radius 1 is 1.43 bits per heavy atom. The molecule has 1 atom stereocenters. The third-order valence-electron chi connectivity index (χ3n) is 1.93. The molecule has 0 spiro atoms. The molecule has 0 aliphatic rings. The number of carboxylic acids is 1. The summed E-state index contributed by atoms with van der Waals surface area (Å²) in [6.45, 7) is 0. The largest absolute Gasteiger partial charge is 0.478 e. The molecule has 0 saturated carbocycles. The second kappa shape index (κ2) is 5.02. The number of thiol groups is 1. The van der Waals surface area contributed by atoms with Gasteiger partial charge in [-0.15, -0.1) is 0 Å². The first-order chi connectivity index (χ1) is 6.63. The molecule has 14 heavy (non-hydrogen) atoms. The lowest BCUT2D eigenvalue weighted by atomic mass is 10.1. The van der Waals surface area contributed by atoms with E-state index in [1.807, 2.05) is 0 Å². The van der Waals surface area contributed by atoms with Gasteiger partial charge in [-0.2, -0.15) is 12.6 Å². The Hall–Kier alpha value is -1.00. The summed E-state index contributed by atoms with van der Waals surface area (Å²) in [5, 5.41) is 8.67. The van der Waals surface area contributed by atoms with Gasteiger partial charge in [0.05, 0.1) is 5.56 Å². The van der Waals surface area contributed by atoms with Crippen molar-refractivity contribution in [2.75, 3.05) is 5.75 Å². The van der Waals surface area contributed by atoms with Gasteiger partial charge in [-0.3, -0.25) is 0 Å². The molecule has 0 bridgehead atoms. The van der Waals surface area contributed by atoms with E-state index in [2.05, 4.69) is 12.6 Å². The zero-order valence-electron chi connectivity index (χ0n) is 7.68. The third kappa shape index (κ3) is 3.05. The van der Waals surface area contributed by atoms with Gasteiger partial charge in [0, 0.05) is 11.8 Å². The second-order valence-corrected chi connectivity index (χ2v) is 3.51. The molecule has 0 amide bonds. The van der Waals surface area contributed by atoms with E-state index < -0.39 is 5.97 Å². The Bertz CT molecular complexity index is 310. The van der Waals surface area contributed by atoms with Gasteiger partial charge in [-0.1, -0.05) is 12.1 Å². The first-order valence-electron chi connectivity index (χ1n) is 4.32. The molecule has 0 aliphatic heterocycles. The van der Waals surface area contributed by atoms with Crippen LogP contribution in [0.15, 0.2) is 24.3 Å². The van der Waals surface area contributed by atoms with Crippen LogP contribution in [-0.4, -0.2) is 22.9 Å². The summed E-state index contributed by atoms with van der Waals surface area (Å²) in [7, 11) is 0. The molecule has 0 saturated heterocycles. The van der Waals surface area contributed by atoms with Gasteiger partial charge in [0.25, 0.3) is 0 Å². The van der Waals surface area contributed by atoms with Crippen molar-refractivity contribution in [1.29, 1.82) is 0 Å². The highest BCUT2D eigenvalue weighted by Crippen LogP contribution is 2.06. The van der Waals surface area contributed by atoms with E-state index in [1.54, 1.807) is 24.3 Å². The highest BCUT2D eigenvalue weighted by atomic mass is 32.1. The fraction of sp³-hybridized carbons (Fsp3) is 0.300. The molecule has 1 unspecified atom stereocenters. The lowest BCUT2D eigenvalue weighted by Crippen LogP contribution is -2.24. The number of rotatable bonds is 4. The number of carbonyl (C=O) groups is 1. The molecule has 3 N–H and O–H groups in total. The quantitative estimate of drug-likeness (QED) is 0.655. The van der Waals surface area contributed by atoms with Crippen LogP contribution >= 0.6 is 12.6 Å². The van der Waals surface area contributed by atoms with Crippen molar-refractivity contribution < 1.29 is 9.90 Å². The minimum absolute atomic E-state index is 0.0222. The summed E-state index contributed by atoms with van der Waals surface area (Å²) in [5.41, 5.74) is 7.05. The first-order valence-corrected chi connectivity index (χ1v) is 4.95. The van der Waals surface area contributed by atoms with Crippen molar-refractivity contribution >= 4 is 18.6 Å². The van der Waals surface area contributed by atoms with Crippen molar-refractivity contribution in [2.45, 2.75) is 12.5 Å². The molecule has 0 radical (unpaired) electrons. The van der Waals surface area contributed by atoms with Gasteiger partial charge in [0.2, 0.25) is 0 Å². The van der Waals surface area contributed by atoms with Gasteiger partial charge < -0.3 is 10.8 Å². The summed E-state index contributed by atoms with van der Waals surface area (Å²) in [4.78, 5) is 10.6. The van der Waals surface area contributed by atoms with Crippen molar-refractivity contribution in [3.63, 3.8) is 0 Å². The minimum Gasteiger partial charge on any atom is -0.478 e. The minimum atomic E-state index is -0.907. The summed E-state index contributed by atoms with van der Waals surface area (Å²) in [6, 6.07) is 6.76. The molecule has 0 aromatic heterocycles. The SMILES string of the molecule is NC(CS)Cc1ccc(C(=O)O)cc1. The van der Waals surface area contributed by atoms with Crippen molar-refractivity contribution in [1.82, 2.24) is 0 Å². The maximum absolute atomic E-state index is 10.6. The maximum atomic E-state index is 10.6. The van der Waals surface area contributed by atoms with Gasteiger partial charge in [0.15, 0.2) is 0 Å². The van der Waals surface area contributed by atoms with Crippen LogP contribution in [0.1, 0.15) is 15.9 Å². The molecule has 0 fully saturated rings. The summed E-state index contributed by atoms with van der Waals surface area (Å²) >= 11 is 4.08. The van der Waals surface area contributed by atoms with E-state index in [1.165, 1.54) is 0 Å². The Balaban J connectivity index is 2.68. The van der Waals surface area contributed by atoms with Crippen molar-refractivity contribution in [3.8, 4) is 0 Å². The topological polar surface area (TPSA) is 63.3 Å². The van der Waals surface area contributed by atoms with Crippen LogP contribution in [-0.2, 0) is 6.42 Å². The van der Waals surface area contributed by atoms with Crippen molar-refractivity contribution in [3.05, 3.63) is 35.4 Å². The maximum Gasteiger partial charge on any atom is 0.335 e. The molecule has 76 valence electrons. The Kier molecular flexibility index (Phi) is 3.98.